The lowest BCUT2D eigenvalue weighted by molar-refractivity contribution is 0.0691. The molecule has 8 nitrogen and oxygen atoms in total. The van der Waals surface area contributed by atoms with Gasteiger partial charge in [0.2, 0.25) is 10.0 Å². The van der Waals surface area contributed by atoms with Crippen molar-refractivity contribution in [3.8, 4) is 27.5 Å². The molecular formula is C30H27FN4O4S2. The molecule has 1 fully saturated rings. The van der Waals surface area contributed by atoms with Gasteiger partial charge in [0.05, 0.1) is 11.4 Å². The molecule has 1 aliphatic rings. The van der Waals surface area contributed by atoms with Crippen LogP contribution in [0, 0.1) is 11.7 Å². The predicted octanol–water partition coefficient (Wildman–Crippen LogP) is 5.80. The first-order valence-electron chi connectivity index (χ1n) is 12.8. The summed E-state index contributed by atoms with van der Waals surface area (Å²) in [5.41, 5.74) is 6.25. The zero-order valence-corrected chi connectivity index (χ0v) is 23.5. The van der Waals surface area contributed by atoms with Crippen molar-refractivity contribution in [2.75, 3.05) is 0 Å². The topological polar surface area (TPSA) is 141 Å². The van der Waals surface area contributed by atoms with E-state index in [9.17, 15) is 18.5 Å². The molecule has 0 spiro atoms. The molecule has 5 aromatic rings. The lowest BCUT2D eigenvalue weighted by Gasteiger charge is -2.10. The number of hydrogen-bond acceptors (Lipinski definition) is 6. The van der Waals surface area contributed by atoms with E-state index in [4.69, 9.17) is 10.2 Å². The molecule has 0 aliphatic heterocycles. The zero-order chi connectivity index (χ0) is 27.8. The van der Waals surface area contributed by atoms with Crippen LogP contribution in [0.4, 0.5) is 4.39 Å². The number of carbonyl (C=O) groups is 1. The summed E-state index contributed by atoms with van der Waals surface area (Å²) in [5, 5.41) is 21.9. The Hall–Kier alpha value is -4.03. The van der Waals surface area contributed by atoms with Crippen LogP contribution in [0.25, 0.3) is 27.5 Å². The van der Waals surface area contributed by atoms with E-state index in [1.165, 1.54) is 28.8 Å². The minimum atomic E-state index is -2.29. The Bertz CT molecular complexity index is 1750. The number of nitrogens with two attached hydrogens (primary N) is 1. The average Bonchev–Trinajstić information content (AvgIpc) is 3.51. The highest BCUT2D eigenvalue weighted by molar-refractivity contribution is 7.82. The molecule has 0 bridgehead atoms. The van der Waals surface area contributed by atoms with Crippen molar-refractivity contribution in [3.63, 3.8) is 0 Å². The standard InChI is InChI=1S/C30H25FN4O3S2.H2O/c31-24-14-19(11-12-27(24)40(32)38)13-23-26(15-18-9-10-18)35(30-33-25(17-39-30)29(36)37)34-28(23)22-8-4-7-21(16-22)20-5-2-1-3-6-20;/h1-8,11-12,14,16-18H,9-10,13,15H2,(H2,32,38)(H,36,37);1H2. The Labute approximate surface area is 242 Å². The molecule has 11 heteroatoms. The average molecular weight is 591 g/mol. The summed E-state index contributed by atoms with van der Waals surface area (Å²) in [5.74, 6) is -1.20. The Balaban J connectivity index is 0.00000337. The number of carboxylic acid groups (broad SMARTS) is 1. The molecule has 1 unspecified atom stereocenters. The first-order chi connectivity index (χ1) is 19.4. The number of rotatable bonds is 9. The van der Waals surface area contributed by atoms with Gasteiger partial charge in [-0.3, -0.25) is 0 Å². The van der Waals surface area contributed by atoms with Crippen molar-refractivity contribution in [1.29, 1.82) is 0 Å². The number of aromatic nitrogens is 3. The molecule has 210 valence electrons. The van der Waals surface area contributed by atoms with Crippen molar-refractivity contribution >= 4 is 28.3 Å². The number of hydrogen-bond donors (Lipinski definition) is 2. The number of aromatic carboxylic acids is 1. The Morgan fingerprint density at radius 3 is 2.44 bits per heavy atom. The molecule has 3 aromatic carbocycles. The van der Waals surface area contributed by atoms with E-state index < -0.39 is 22.8 Å². The lowest BCUT2D eigenvalue weighted by Crippen LogP contribution is -2.07. The van der Waals surface area contributed by atoms with Gasteiger partial charge in [-0.15, -0.1) is 16.5 Å². The predicted molar refractivity (Wildman–Crippen MR) is 157 cm³/mol. The number of carboxylic acids is 1. The highest BCUT2D eigenvalue weighted by atomic mass is 32.2. The van der Waals surface area contributed by atoms with Gasteiger partial charge in [-0.2, -0.15) is 5.10 Å². The summed E-state index contributed by atoms with van der Waals surface area (Å²) in [7, 11) is -2.29. The van der Waals surface area contributed by atoms with Crippen LogP contribution in [0.15, 0.2) is 83.1 Å². The van der Waals surface area contributed by atoms with Gasteiger partial charge < -0.3 is 10.6 Å². The second-order valence-corrected chi connectivity index (χ2v) is 11.9. The second-order valence-electron chi connectivity index (χ2n) is 9.89. The fourth-order valence-corrected chi connectivity index (χ4v) is 6.11. The van der Waals surface area contributed by atoms with E-state index in [1.54, 1.807) is 10.7 Å². The molecule has 0 amide bonds. The summed E-state index contributed by atoms with van der Waals surface area (Å²) < 4.78 is 28.3. The molecule has 1 atom stereocenters. The van der Waals surface area contributed by atoms with Gasteiger partial charge in [-0.1, -0.05) is 58.8 Å². The third-order valence-electron chi connectivity index (χ3n) is 7.03. The van der Waals surface area contributed by atoms with Crippen molar-refractivity contribution in [2.45, 2.75) is 30.6 Å². The van der Waals surface area contributed by atoms with Gasteiger partial charge in [0, 0.05) is 22.9 Å². The second kappa shape index (κ2) is 11.8. The van der Waals surface area contributed by atoms with Gasteiger partial charge >= 0.3 is 5.97 Å². The Morgan fingerprint density at radius 1 is 1.05 bits per heavy atom. The largest absolute Gasteiger partial charge is 0.870 e. The monoisotopic (exact) mass is 590 g/mol. The highest BCUT2D eigenvalue weighted by Crippen LogP contribution is 2.39. The fourth-order valence-electron chi connectivity index (χ4n) is 4.85. The molecule has 0 saturated heterocycles. The molecule has 4 N–H and O–H groups in total. The van der Waals surface area contributed by atoms with E-state index in [2.05, 4.69) is 11.1 Å². The Morgan fingerprint density at radius 2 is 1.78 bits per heavy atom. The normalized spacial score (nSPS) is 13.5. The van der Waals surface area contributed by atoms with Crippen LogP contribution in [-0.2, 0) is 28.0 Å². The van der Waals surface area contributed by atoms with Crippen LogP contribution in [0.1, 0.15) is 40.2 Å². The van der Waals surface area contributed by atoms with E-state index in [0.717, 1.165) is 52.9 Å². The molecule has 1 saturated carbocycles. The van der Waals surface area contributed by atoms with Crippen LogP contribution in [0.2, 0.25) is 0 Å². The molecule has 41 heavy (non-hydrogen) atoms. The molecule has 0 radical (unpaired) electrons. The van der Waals surface area contributed by atoms with Crippen molar-refractivity contribution in [3.05, 3.63) is 107 Å². The van der Waals surface area contributed by atoms with Crippen LogP contribution >= 0.6 is 11.3 Å². The molecular weight excluding hydrogens is 563 g/mol. The summed E-state index contributed by atoms with van der Waals surface area (Å²) in [6.07, 6.45) is 3.34. The summed E-state index contributed by atoms with van der Waals surface area (Å²) in [4.78, 5) is 15.9. The lowest BCUT2D eigenvalue weighted by atomic mass is 9.95. The molecule has 2 heterocycles. The van der Waals surface area contributed by atoms with E-state index >= 15 is 0 Å². The SMILES string of the molecule is N[SH+](=O)c1ccc(Cc2c(-c3cccc(-c4ccccc4)c3)nn(-c3nc(C(=O)O)cs3)c2CC2CC2)cc1F.[OH-]. The summed E-state index contributed by atoms with van der Waals surface area (Å²) in [6.45, 7) is 0. The maximum Gasteiger partial charge on any atom is 0.355 e. The number of nitrogens with zero attached hydrogens (tertiary/aromatic N) is 3. The molecule has 6 rings (SSSR count). The zero-order valence-electron chi connectivity index (χ0n) is 21.8. The van der Waals surface area contributed by atoms with Crippen LogP contribution in [0.5, 0.6) is 0 Å². The Kier molecular flexibility index (Phi) is 8.22. The quantitative estimate of drug-likeness (QED) is 0.164. The van der Waals surface area contributed by atoms with E-state index in [0.29, 0.717) is 23.0 Å². The molecule has 1 aliphatic carbocycles. The number of benzene rings is 3. The van der Waals surface area contributed by atoms with Crippen molar-refractivity contribution in [2.24, 2.45) is 11.1 Å². The van der Waals surface area contributed by atoms with E-state index in [-0.39, 0.29) is 16.1 Å². The third kappa shape index (κ3) is 6.03. The third-order valence-corrected chi connectivity index (χ3v) is 8.69. The van der Waals surface area contributed by atoms with Gasteiger partial charge in [0.15, 0.2) is 22.5 Å². The van der Waals surface area contributed by atoms with Gasteiger partial charge in [0.25, 0.3) is 0 Å². The number of thiol groups is 1. The highest BCUT2D eigenvalue weighted by Gasteiger charge is 2.29. The number of thiazole rings is 1. The first kappa shape index (κ1) is 28.5. The van der Waals surface area contributed by atoms with Gasteiger partial charge in [-0.05, 0) is 60.1 Å². The van der Waals surface area contributed by atoms with E-state index in [1.807, 2.05) is 48.5 Å². The fraction of sp³-hybridized carbons (Fsp3) is 0.167. The van der Waals surface area contributed by atoms with Gasteiger partial charge in [-0.25, -0.2) is 18.9 Å². The van der Waals surface area contributed by atoms with Crippen molar-refractivity contribution < 1.29 is 24.0 Å². The maximum absolute atomic E-state index is 14.8. The van der Waals surface area contributed by atoms with Gasteiger partial charge in [0.1, 0.15) is 0 Å². The minimum Gasteiger partial charge on any atom is -0.870 e. The van der Waals surface area contributed by atoms with Crippen molar-refractivity contribution in [1.82, 2.24) is 14.8 Å². The maximum atomic E-state index is 14.8. The smallest absolute Gasteiger partial charge is 0.355 e. The first-order valence-corrected chi connectivity index (χ1v) is 15.0. The summed E-state index contributed by atoms with van der Waals surface area (Å²) in [6, 6.07) is 22.8. The minimum absolute atomic E-state index is 0. The van der Waals surface area contributed by atoms with Crippen LogP contribution in [0.3, 0.4) is 0 Å². The van der Waals surface area contributed by atoms with Crippen LogP contribution in [-0.4, -0.2) is 31.3 Å². The molecule has 2 aromatic heterocycles. The summed E-state index contributed by atoms with van der Waals surface area (Å²) >= 11 is 1.23. The van der Waals surface area contributed by atoms with Crippen LogP contribution < -0.4 is 5.14 Å². The number of halogens is 1.